The Kier molecular flexibility index (Phi) is 4.17. The number of anilines is 1. The van der Waals surface area contributed by atoms with Crippen LogP contribution in [0.4, 0.5) is 5.69 Å². The number of phenolic OH excluding ortho intramolecular Hbond substituents is 1. The Morgan fingerprint density at radius 2 is 1.95 bits per heavy atom. The number of nitrogens with two attached hydrogens (primary N) is 1. The molecule has 2 aromatic rings. The van der Waals surface area contributed by atoms with Crippen LogP contribution in [-0.2, 0) is 0 Å². The van der Waals surface area contributed by atoms with Crippen LogP contribution in [0.25, 0.3) is 0 Å². The summed E-state index contributed by atoms with van der Waals surface area (Å²) in [5.74, 6) is -0.518. The monoisotopic (exact) mass is 284 g/mol. The minimum atomic E-state index is -0.340. The van der Waals surface area contributed by atoms with Gasteiger partial charge in [0.15, 0.2) is 5.75 Å². The zero-order valence-corrected chi connectivity index (χ0v) is 12.5. The van der Waals surface area contributed by atoms with Gasteiger partial charge < -0.3 is 16.2 Å². The molecule has 2 aromatic carbocycles. The van der Waals surface area contributed by atoms with Crippen molar-refractivity contribution in [2.75, 3.05) is 5.73 Å². The maximum atomic E-state index is 12.3. The highest BCUT2D eigenvalue weighted by atomic mass is 16.3. The van der Waals surface area contributed by atoms with E-state index in [0.717, 1.165) is 11.1 Å². The highest BCUT2D eigenvalue weighted by Crippen LogP contribution is 2.25. The summed E-state index contributed by atoms with van der Waals surface area (Å²) in [6.45, 7) is 5.96. The minimum Gasteiger partial charge on any atom is -0.505 e. The molecule has 4 heteroatoms. The van der Waals surface area contributed by atoms with E-state index < -0.39 is 0 Å². The summed E-state index contributed by atoms with van der Waals surface area (Å²) in [7, 11) is 0. The van der Waals surface area contributed by atoms with Gasteiger partial charge in [-0.3, -0.25) is 4.79 Å². The fraction of sp³-hybridized carbons (Fsp3) is 0.235. The molecule has 21 heavy (non-hydrogen) atoms. The van der Waals surface area contributed by atoms with Crippen molar-refractivity contribution in [3.05, 3.63) is 58.7 Å². The molecule has 4 nitrogen and oxygen atoms in total. The van der Waals surface area contributed by atoms with Gasteiger partial charge in [0.2, 0.25) is 0 Å². The number of carbonyl (C=O) groups excluding carboxylic acids is 1. The van der Waals surface area contributed by atoms with Gasteiger partial charge in [0.1, 0.15) is 0 Å². The lowest BCUT2D eigenvalue weighted by Gasteiger charge is -2.17. The lowest BCUT2D eigenvalue weighted by Crippen LogP contribution is -2.27. The van der Waals surface area contributed by atoms with Crippen molar-refractivity contribution in [2.45, 2.75) is 26.8 Å². The number of hydrogen-bond acceptors (Lipinski definition) is 3. The number of nitrogens with one attached hydrogen (secondary N) is 1. The Bertz CT molecular complexity index is 680. The molecule has 0 bridgehead atoms. The van der Waals surface area contributed by atoms with Crippen LogP contribution in [0.5, 0.6) is 5.75 Å². The number of benzene rings is 2. The fourth-order valence-electron chi connectivity index (χ4n) is 2.41. The van der Waals surface area contributed by atoms with Gasteiger partial charge in [-0.1, -0.05) is 29.8 Å². The van der Waals surface area contributed by atoms with E-state index in [-0.39, 0.29) is 28.9 Å². The molecule has 0 aliphatic heterocycles. The zero-order chi connectivity index (χ0) is 15.6. The third kappa shape index (κ3) is 3.16. The number of para-hydroxylation sites is 1. The normalized spacial score (nSPS) is 12.0. The summed E-state index contributed by atoms with van der Waals surface area (Å²) in [4.78, 5) is 12.3. The number of nitrogen functional groups attached to an aromatic ring is 1. The molecule has 1 amide bonds. The van der Waals surface area contributed by atoms with Crippen molar-refractivity contribution in [1.82, 2.24) is 5.32 Å². The van der Waals surface area contributed by atoms with E-state index in [2.05, 4.69) is 11.4 Å². The van der Waals surface area contributed by atoms with Gasteiger partial charge in [0.05, 0.1) is 17.3 Å². The SMILES string of the molecule is Cc1ccc(C(C)NC(=O)c2cccc(N)c2O)c(C)c1. The molecule has 110 valence electrons. The molecule has 0 aliphatic carbocycles. The highest BCUT2D eigenvalue weighted by molar-refractivity contribution is 5.98. The first-order chi connectivity index (χ1) is 9.90. The largest absolute Gasteiger partial charge is 0.505 e. The maximum Gasteiger partial charge on any atom is 0.255 e. The van der Waals surface area contributed by atoms with Crippen molar-refractivity contribution in [2.24, 2.45) is 0 Å². The fourth-order valence-corrected chi connectivity index (χ4v) is 2.41. The van der Waals surface area contributed by atoms with Crippen molar-refractivity contribution in [1.29, 1.82) is 0 Å². The zero-order valence-electron chi connectivity index (χ0n) is 12.5. The van der Waals surface area contributed by atoms with Gasteiger partial charge >= 0.3 is 0 Å². The van der Waals surface area contributed by atoms with Gasteiger partial charge in [-0.05, 0) is 44.0 Å². The number of phenols is 1. The second kappa shape index (κ2) is 5.87. The molecule has 1 atom stereocenters. The van der Waals surface area contributed by atoms with E-state index in [9.17, 15) is 9.90 Å². The van der Waals surface area contributed by atoms with E-state index in [1.54, 1.807) is 18.2 Å². The Labute approximate surface area is 124 Å². The topological polar surface area (TPSA) is 75.4 Å². The first-order valence-electron chi connectivity index (χ1n) is 6.85. The van der Waals surface area contributed by atoms with Crippen LogP contribution in [-0.4, -0.2) is 11.0 Å². The second-order valence-corrected chi connectivity index (χ2v) is 5.30. The number of hydrogen-bond donors (Lipinski definition) is 3. The predicted molar refractivity (Wildman–Crippen MR) is 84.3 cm³/mol. The van der Waals surface area contributed by atoms with Crippen LogP contribution in [0.15, 0.2) is 36.4 Å². The molecule has 0 spiro atoms. The standard InChI is InChI=1S/C17H20N2O2/c1-10-7-8-13(11(2)9-10)12(3)19-17(21)14-5-4-6-15(18)16(14)20/h4-9,12,20H,18H2,1-3H3,(H,19,21). The Morgan fingerprint density at radius 1 is 1.24 bits per heavy atom. The van der Waals surface area contributed by atoms with Crippen LogP contribution in [0, 0.1) is 13.8 Å². The molecule has 0 aliphatic rings. The Morgan fingerprint density at radius 3 is 2.62 bits per heavy atom. The molecule has 4 N–H and O–H groups in total. The molecule has 0 aromatic heterocycles. The molecule has 0 fully saturated rings. The van der Waals surface area contributed by atoms with Crippen LogP contribution in [0.3, 0.4) is 0 Å². The molecule has 0 radical (unpaired) electrons. The summed E-state index contributed by atoms with van der Waals surface area (Å²) in [5, 5.41) is 12.7. The van der Waals surface area contributed by atoms with Crippen molar-refractivity contribution in [3.8, 4) is 5.75 Å². The number of rotatable bonds is 3. The van der Waals surface area contributed by atoms with Gasteiger partial charge in [0.25, 0.3) is 5.91 Å². The quantitative estimate of drug-likeness (QED) is 0.599. The molecule has 2 rings (SSSR count). The molecular weight excluding hydrogens is 264 g/mol. The van der Waals surface area contributed by atoms with Crippen LogP contribution < -0.4 is 11.1 Å². The average Bonchev–Trinajstić information content (AvgIpc) is 2.41. The smallest absolute Gasteiger partial charge is 0.255 e. The number of amides is 1. The van der Waals surface area contributed by atoms with Gasteiger partial charge in [-0.2, -0.15) is 0 Å². The first-order valence-corrected chi connectivity index (χ1v) is 6.85. The van der Waals surface area contributed by atoms with E-state index >= 15 is 0 Å². The highest BCUT2D eigenvalue weighted by Gasteiger charge is 2.16. The van der Waals surface area contributed by atoms with Gasteiger partial charge in [-0.15, -0.1) is 0 Å². The van der Waals surface area contributed by atoms with Crippen molar-refractivity contribution >= 4 is 11.6 Å². The summed E-state index contributed by atoms with van der Waals surface area (Å²) in [6.07, 6.45) is 0. The van der Waals surface area contributed by atoms with Crippen molar-refractivity contribution in [3.63, 3.8) is 0 Å². The summed E-state index contributed by atoms with van der Waals surface area (Å²) >= 11 is 0. The Balaban J connectivity index is 2.21. The van der Waals surface area contributed by atoms with E-state index in [4.69, 9.17) is 5.73 Å². The lowest BCUT2D eigenvalue weighted by molar-refractivity contribution is 0.0937. The number of aromatic hydroxyl groups is 1. The third-order valence-electron chi connectivity index (χ3n) is 3.55. The number of aryl methyl sites for hydroxylation is 2. The van der Waals surface area contributed by atoms with Gasteiger partial charge in [-0.25, -0.2) is 0 Å². The molecular formula is C17H20N2O2. The molecule has 0 saturated heterocycles. The van der Waals surface area contributed by atoms with Crippen molar-refractivity contribution < 1.29 is 9.90 Å². The summed E-state index contributed by atoms with van der Waals surface area (Å²) in [6, 6.07) is 10.7. The van der Waals surface area contributed by atoms with Crippen LogP contribution in [0.2, 0.25) is 0 Å². The molecule has 0 heterocycles. The number of carbonyl (C=O) groups is 1. The first kappa shape index (κ1) is 14.9. The van der Waals surface area contributed by atoms with Gasteiger partial charge in [0, 0.05) is 0 Å². The van der Waals surface area contributed by atoms with Crippen LogP contribution in [0.1, 0.15) is 40.0 Å². The van der Waals surface area contributed by atoms with Crippen LogP contribution >= 0.6 is 0 Å². The average molecular weight is 284 g/mol. The Hall–Kier alpha value is -2.49. The summed E-state index contributed by atoms with van der Waals surface area (Å²) < 4.78 is 0. The molecule has 1 unspecified atom stereocenters. The maximum absolute atomic E-state index is 12.3. The third-order valence-corrected chi connectivity index (χ3v) is 3.55. The minimum absolute atomic E-state index is 0.154. The predicted octanol–water partition coefficient (Wildman–Crippen LogP) is 3.08. The lowest BCUT2D eigenvalue weighted by atomic mass is 10.00. The van der Waals surface area contributed by atoms with E-state index in [1.807, 2.05) is 32.9 Å². The molecule has 0 saturated carbocycles. The second-order valence-electron chi connectivity index (χ2n) is 5.30. The van der Waals surface area contributed by atoms with E-state index in [0.29, 0.717) is 0 Å². The summed E-state index contributed by atoms with van der Waals surface area (Å²) in [5.41, 5.74) is 9.36. The van der Waals surface area contributed by atoms with E-state index in [1.165, 1.54) is 5.56 Å².